The number of nitrogens with one attached hydrogen (secondary N) is 2. The smallest absolute Gasteiger partial charge is 0.263 e. The fourth-order valence-electron chi connectivity index (χ4n) is 2.00. The van der Waals surface area contributed by atoms with Crippen LogP contribution in [-0.2, 0) is 10.0 Å². The second-order valence-corrected chi connectivity index (χ2v) is 7.34. The summed E-state index contributed by atoms with van der Waals surface area (Å²) in [7, 11) is -3.73. The number of thiazole rings is 1. The zero-order chi connectivity index (χ0) is 16.3. The molecule has 0 atom stereocenters. The minimum Gasteiger partial charge on any atom is -0.372 e. The van der Waals surface area contributed by atoms with Crippen LogP contribution in [0.5, 0.6) is 0 Å². The lowest BCUT2D eigenvalue weighted by atomic mass is 10.3. The predicted octanol–water partition coefficient (Wildman–Crippen LogP) is 3.03. The molecule has 8 heteroatoms. The fraction of sp³-hybridized carbons (Fsp3) is 0.0667. The Morgan fingerprint density at radius 3 is 2.78 bits per heavy atom. The van der Waals surface area contributed by atoms with Crippen LogP contribution < -0.4 is 10.0 Å². The number of sulfonamides is 1. The van der Waals surface area contributed by atoms with Gasteiger partial charge in [-0.1, -0.05) is 29.5 Å². The molecule has 2 aromatic carbocycles. The van der Waals surface area contributed by atoms with Crippen LogP contribution in [0.4, 0.5) is 10.8 Å². The van der Waals surface area contributed by atoms with Crippen LogP contribution in [0, 0.1) is 11.3 Å². The topological polar surface area (TPSA) is 94.9 Å². The highest BCUT2D eigenvalue weighted by molar-refractivity contribution is 7.93. The minimum absolute atomic E-state index is 0.106. The summed E-state index contributed by atoms with van der Waals surface area (Å²) in [4.78, 5) is 4.38. The third-order valence-corrected chi connectivity index (χ3v) is 5.45. The summed E-state index contributed by atoms with van der Waals surface area (Å²) < 4.78 is 28.3. The van der Waals surface area contributed by atoms with Crippen molar-refractivity contribution < 1.29 is 8.42 Å². The number of fused-ring (bicyclic) bond motifs is 1. The highest BCUT2D eigenvalue weighted by Crippen LogP contribution is 2.27. The van der Waals surface area contributed by atoms with Gasteiger partial charge in [0, 0.05) is 5.69 Å². The van der Waals surface area contributed by atoms with E-state index < -0.39 is 10.0 Å². The molecule has 0 unspecified atom stereocenters. The molecule has 0 bridgehead atoms. The first-order valence-corrected chi connectivity index (χ1v) is 8.98. The summed E-state index contributed by atoms with van der Waals surface area (Å²) in [6.07, 6.45) is 0. The normalized spacial score (nSPS) is 11.1. The zero-order valence-corrected chi connectivity index (χ0v) is 13.5. The van der Waals surface area contributed by atoms with Gasteiger partial charge in [0.05, 0.1) is 21.2 Å². The molecule has 0 aliphatic carbocycles. The van der Waals surface area contributed by atoms with E-state index in [1.165, 1.54) is 23.5 Å². The highest BCUT2D eigenvalue weighted by Gasteiger charge is 2.17. The van der Waals surface area contributed by atoms with Crippen molar-refractivity contribution in [1.82, 2.24) is 4.98 Å². The first kappa shape index (κ1) is 15.3. The predicted molar refractivity (Wildman–Crippen MR) is 91.0 cm³/mol. The number of aromatic nitrogens is 1. The van der Waals surface area contributed by atoms with E-state index in [9.17, 15) is 8.42 Å². The molecule has 3 aromatic rings. The molecular formula is C15H12N4O2S2. The lowest BCUT2D eigenvalue weighted by Gasteiger charge is -2.07. The Morgan fingerprint density at radius 1 is 1.17 bits per heavy atom. The molecule has 0 amide bonds. The molecule has 0 aliphatic rings. The average molecular weight is 344 g/mol. The van der Waals surface area contributed by atoms with Gasteiger partial charge in [-0.05, 0) is 30.3 Å². The molecule has 0 saturated carbocycles. The number of hydrogen-bond donors (Lipinski definition) is 2. The van der Waals surface area contributed by atoms with E-state index in [0.29, 0.717) is 10.8 Å². The molecule has 2 N–H and O–H groups in total. The summed E-state index contributed by atoms with van der Waals surface area (Å²) in [5.74, 6) is 0. The van der Waals surface area contributed by atoms with Gasteiger partial charge >= 0.3 is 0 Å². The largest absolute Gasteiger partial charge is 0.372 e. The van der Waals surface area contributed by atoms with E-state index in [1.807, 2.05) is 30.3 Å². The molecule has 23 heavy (non-hydrogen) atoms. The monoisotopic (exact) mass is 344 g/mol. The molecular weight excluding hydrogens is 332 g/mol. The van der Waals surface area contributed by atoms with E-state index in [4.69, 9.17) is 5.26 Å². The minimum atomic E-state index is -3.73. The van der Waals surface area contributed by atoms with Gasteiger partial charge in [-0.2, -0.15) is 5.26 Å². The number of anilines is 2. The summed E-state index contributed by atoms with van der Waals surface area (Å²) in [6.45, 7) is 0.106. The van der Waals surface area contributed by atoms with Gasteiger partial charge in [0.15, 0.2) is 5.13 Å². The highest BCUT2D eigenvalue weighted by atomic mass is 32.2. The first-order chi connectivity index (χ1) is 11.1. The summed E-state index contributed by atoms with van der Waals surface area (Å²) >= 11 is 1.28. The second kappa shape index (κ2) is 6.24. The lowest BCUT2D eigenvalue weighted by Crippen LogP contribution is -2.13. The molecule has 6 nitrogen and oxygen atoms in total. The van der Waals surface area contributed by atoms with Gasteiger partial charge in [-0.15, -0.1) is 0 Å². The van der Waals surface area contributed by atoms with Gasteiger partial charge < -0.3 is 5.32 Å². The third kappa shape index (κ3) is 3.41. The summed E-state index contributed by atoms with van der Waals surface area (Å²) in [5, 5.41) is 11.7. The van der Waals surface area contributed by atoms with Crippen molar-refractivity contribution in [2.75, 3.05) is 16.6 Å². The van der Waals surface area contributed by atoms with E-state index >= 15 is 0 Å². The number of nitrogens with zero attached hydrogens (tertiary/aromatic N) is 2. The molecule has 3 rings (SSSR count). The Hall–Kier alpha value is -2.63. The van der Waals surface area contributed by atoms with Crippen molar-refractivity contribution in [1.29, 1.82) is 5.26 Å². The van der Waals surface area contributed by atoms with Gasteiger partial charge in [-0.25, -0.2) is 13.4 Å². The van der Waals surface area contributed by atoms with Crippen LogP contribution in [0.3, 0.4) is 0 Å². The van der Waals surface area contributed by atoms with Crippen LogP contribution in [0.1, 0.15) is 0 Å². The van der Waals surface area contributed by atoms with Crippen LogP contribution in [-0.4, -0.2) is 19.9 Å². The number of rotatable bonds is 5. The Labute approximate surface area is 137 Å². The van der Waals surface area contributed by atoms with E-state index in [-0.39, 0.29) is 11.4 Å². The molecule has 0 radical (unpaired) electrons. The second-order valence-electron chi connectivity index (χ2n) is 4.63. The standard InChI is InChI=1S/C15H12N4O2S2/c16-8-9-17-11-4-3-5-12(10-11)23(20,21)19-15-18-13-6-1-2-7-14(13)22-15/h1-7,10,17H,9H2,(H,18,19). The molecule has 0 spiro atoms. The fourth-order valence-corrected chi connectivity index (χ4v) is 4.15. The Bertz CT molecular complexity index is 957. The van der Waals surface area contributed by atoms with Gasteiger partial charge in [-0.3, -0.25) is 4.72 Å². The molecule has 1 aromatic heterocycles. The maximum Gasteiger partial charge on any atom is 0.263 e. The van der Waals surface area contributed by atoms with Crippen molar-refractivity contribution in [3.05, 3.63) is 48.5 Å². The quantitative estimate of drug-likeness (QED) is 0.694. The third-order valence-electron chi connectivity index (χ3n) is 3.03. The van der Waals surface area contributed by atoms with E-state index in [1.54, 1.807) is 12.1 Å². The van der Waals surface area contributed by atoms with Crippen molar-refractivity contribution in [2.24, 2.45) is 0 Å². The van der Waals surface area contributed by atoms with Crippen LogP contribution >= 0.6 is 11.3 Å². The Balaban J connectivity index is 1.88. The van der Waals surface area contributed by atoms with Gasteiger partial charge in [0.25, 0.3) is 10.0 Å². The molecule has 0 aliphatic heterocycles. The Morgan fingerprint density at radius 2 is 2.00 bits per heavy atom. The molecule has 0 fully saturated rings. The zero-order valence-electron chi connectivity index (χ0n) is 11.9. The van der Waals surface area contributed by atoms with Crippen molar-refractivity contribution in [3.63, 3.8) is 0 Å². The van der Waals surface area contributed by atoms with E-state index in [2.05, 4.69) is 15.0 Å². The first-order valence-electron chi connectivity index (χ1n) is 6.68. The number of hydrogen-bond acceptors (Lipinski definition) is 6. The van der Waals surface area contributed by atoms with Crippen LogP contribution in [0.25, 0.3) is 10.2 Å². The summed E-state index contributed by atoms with van der Waals surface area (Å²) in [6, 6.07) is 15.7. The molecule has 0 saturated heterocycles. The molecule has 1 heterocycles. The van der Waals surface area contributed by atoms with E-state index in [0.717, 1.165) is 10.2 Å². The van der Waals surface area contributed by atoms with Crippen molar-refractivity contribution >= 4 is 42.4 Å². The van der Waals surface area contributed by atoms with Crippen molar-refractivity contribution in [3.8, 4) is 6.07 Å². The number of benzene rings is 2. The number of para-hydroxylation sites is 1. The summed E-state index contributed by atoms with van der Waals surface area (Å²) in [5.41, 5.74) is 1.32. The Kier molecular flexibility index (Phi) is 4.14. The SMILES string of the molecule is N#CCNc1cccc(S(=O)(=O)Nc2nc3ccccc3s2)c1. The lowest BCUT2D eigenvalue weighted by molar-refractivity contribution is 0.601. The van der Waals surface area contributed by atoms with Gasteiger partial charge in [0.1, 0.15) is 6.54 Å². The molecule has 116 valence electrons. The van der Waals surface area contributed by atoms with Crippen LogP contribution in [0.2, 0.25) is 0 Å². The average Bonchev–Trinajstić information content (AvgIpc) is 2.94. The maximum absolute atomic E-state index is 12.5. The maximum atomic E-state index is 12.5. The van der Waals surface area contributed by atoms with Crippen molar-refractivity contribution in [2.45, 2.75) is 4.90 Å². The number of nitriles is 1. The van der Waals surface area contributed by atoms with Crippen LogP contribution in [0.15, 0.2) is 53.4 Å². The van der Waals surface area contributed by atoms with Gasteiger partial charge in [0.2, 0.25) is 0 Å².